The van der Waals surface area contributed by atoms with Gasteiger partial charge in [0.1, 0.15) is 5.60 Å². The molecule has 2 nitrogen and oxygen atoms in total. The third kappa shape index (κ3) is 2.08. The maximum atomic E-state index is 11.1. The molecule has 1 N–H and O–H groups in total. The Kier molecular flexibility index (Phi) is 2.88. The van der Waals surface area contributed by atoms with Crippen molar-refractivity contribution in [2.24, 2.45) is 0 Å². The molecular formula is C16H24O2. The summed E-state index contributed by atoms with van der Waals surface area (Å²) in [5.74, 6) is 0. The number of ether oxygens (including phenoxy) is 1. The van der Waals surface area contributed by atoms with Crippen LogP contribution in [-0.2, 0) is 10.3 Å². The molecule has 1 aromatic carbocycles. The smallest absolute Gasteiger partial charge is 0.121 e. The lowest BCUT2D eigenvalue weighted by Gasteiger charge is -2.35. The summed E-state index contributed by atoms with van der Waals surface area (Å²) < 4.78 is 6.04. The Balaban J connectivity index is 2.54. The van der Waals surface area contributed by atoms with E-state index in [1.165, 1.54) is 11.1 Å². The number of hydrogen-bond donors (Lipinski definition) is 1. The molecule has 1 aliphatic heterocycles. The minimum Gasteiger partial charge on any atom is -0.382 e. The Morgan fingerprint density at radius 1 is 1.00 bits per heavy atom. The minimum atomic E-state index is -0.923. The van der Waals surface area contributed by atoms with Gasteiger partial charge in [0, 0.05) is 6.42 Å². The molecule has 100 valence electrons. The van der Waals surface area contributed by atoms with Gasteiger partial charge in [0.15, 0.2) is 0 Å². The molecule has 0 saturated carbocycles. The summed E-state index contributed by atoms with van der Waals surface area (Å²) in [6.07, 6.45) is 0.621. The van der Waals surface area contributed by atoms with Gasteiger partial charge >= 0.3 is 0 Å². The Labute approximate surface area is 110 Å². The van der Waals surface area contributed by atoms with Crippen LogP contribution in [-0.4, -0.2) is 16.3 Å². The summed E-state index contributed by atoms with van der Waals surface area (Å²) in [4.78, 5) is 0. The molecule has 1 atom stereocenters. The summed E-state index contributed by atoms with van der Waals surface area (Å²) in [7, 11) is 0. The van der Waals surface area contributed by atoms with Crippen molar-refractivity contribution in [2.45, 2.75) is 64.8 Å². The van der Waals surface area contributed by atoms with E-state index >= 15 is 0 Å². The highest BCUT2D eigenvalue weighted by molar-refractivity contribution is 5.35. The summed E-state index contributed by atoms with van der Waals surface area (Å²) in [5.41, 5.74) is 1.54. The van der Waals surface area contributed by atoms with Crippen molar-refractivity contribution >= 4 is 0 Å². The minimum absolute atomic E-state index is 0.296. The Hall–Kier alpha value is -0.860. The molecule has 0 aliphatic carbocycles. The first-order valence-corrected chi connectivity index (χ1v) is 6.57. The highest BCUT2D eigenvalue weighted by Gasteiger charge is 2.57. The van der Waals surface area contributed by atoms with Crippen molar-refractivity contribution in [2.75, 3.05) is 0 Å². The van der Waals surface area contributed by atoms with E-state index in [-0.39, 0.29) is 5.60 Å². The number of aryl methyl sites for hydroxylation is 2. The molecule has 1 unspecified atom stereocenters. The van der Waals surface area contributed by atoms with Crippen molar-refractivity contribution in [3.05, 3.63) is 34.9 Å². The van der Waals surface area contributed by atoms with E-state index in [0.717, 1.165) is 5.56 Å². The van der Waals surface area contributed by atoms with Crippen LogP contribution in [0.1, 0.15) is 50.8 Å². The molecule has 2 rings (SSSR count). The molecule has 0 spiro atoms. The third-order valence-electron chi connectivity index (χ3n) is 3.91. The standard InChI is InChI=1S/C16H24O2/c1-11-7-12(2)9-13(8-11)16(17)10-14(3,4)18-15(16,5)6/h7-9,17H,10H2,1-6H3. The van der Waals surface area contributed by atoms with Gasteiger partial charge in [-0.05, 0) is 47.1 Å². The zero-order chi connectivity index (χ0) is 13.8. The number of aliphatic hydroxyl groups is 1. The fourth-order valence-electron chi connectivity index (χ4n) is 3.30. The molecule has 2 heteroatoms. The largest absolute Gasteiger partial charge is 0.382 e. The van der Waals surface area contributed by atoms with E-state index in [1.807, 2.05) is 27.7 Å². The van der Waals surface area contributed by atoms with Crippen LogP contribution in [0.15, 0.2) is 18.2 Å². The van der Waals surface area contributed by atoms with Crippen LogP contribution in [0.2, 0.25) is 0 Å². The number of hydrogen-bond acceptors (Lipinski definition) is 2. The molecule has 0 radical (unpaired) electrons. The van der Waals surface area contributed by atoms with Gasteiger partial charge in [-0.3, -0.25) is 0 Å². The van der Waals surface area contributed by atoms with Crippen LogP contribution in [0.5, 0.6) is 0 Å². The van der Waals surface area contributed by atoms with Crippen LogP contribution in [0, 0.1) is 13.8 Å². The average Bonchev–Trinajstić information content (AvgIpc) is 2.29. The van der Waals surface area contributed by atoms with Gasteiger partial charge in [-0.1, -0.05) is 29.3 Å². The van der Waals surface area contributed by atoms with Gasteiger partial charge < -0.3 is 9.84 Å². The highest BCUT2D eigenvalue weighted by Crippen LogP contribution is 2.50. The first-order chi connectivity index (χ1) is 8.06. The Morgan fingerprint density at radius 3 is 1.89 bits per heavy atom. The molecule has 0 amide bonds. The van der Waals surface area contributed by atoms with Gasteiger partial charge in [-0.25, -0.2) is 0 Å². The fraction of sp³-hybridized carbons (Fsp3) is 0.625. The monoisotopic (exact) mass is 248 g/mol. The molecule has 1 saturated heterocycles. The van der Waals surface area contributed by atoms with Gasteiger partial charge in [-0.15, -0.1) is 0 Å². The summed E-state index contributed by atoms with van der Waals surface area (Å²) in [5, 5.41) is 11.1. The second kappa shape index (κ2) is 3.82. The van der Waals surface area contributed by atoms with Crippen LogP contribution in [0.25, 0.3) is 0 Å². The lowest BCUT2D eigenvalue weighted by Crippen LogP contribution is -2.43. The molecular weight excluding hydrogens is 224 g/mol. The molecule has 0 aromatic heterocycles. The van der Waals surface area contributed by atoms with Crippen molar-refractivity contribution in [3.63, 3.8) is 0 Å². The van der Waals surface area contributed by atoms with E-state index in [1.54, 1.807) is 0 Å². The molecule has 0 bridgehead atoms. The quantitative estimate of drug-likeness (QED) is 0.824. The van der Waals surface area contributed by atoms with Crippen molar-refractivity contribution in [1.29, 1.82) is 0 Å². The van der Waals surface area contributed by atoms with Crippen LogP contribution in [0.3, 0.4) is 0 Å². The SMILES string of the molecule is Cc1cc(C)cc(C2(O)CC(C)(C)OC2(C)C)c1. The Morgan fingerprint density at radius 2 is 1.50 bits per heavy atom. The second-order valence-corrected chi connectivity index (χ2v) is 6.79. The van der Waals surface area contributed by atoms with E-state index in [4.69, 9.17) is 4.74 Å². The molecule has 1 aliphatic rings. The summed E-state index contributed by atoms with van der Waals surface area (Å²) >= 11 is 0. The topological polar surface area (TPSA) is 29.5 Å². The van der Waals surface area contributed by atoms with E-state index in [9.17, 15) is 5.11 Å². The first kappa shape index (κ1) is 13.6. The number of benzene rings is 1. The van der Waals surface area contributed by atoms with Crippen LogP contribution < -0.4 is 0 Å². The van der Waals surface area contributed by atoms with E-state index in [2.05, 4.69) is 32.0 Å². The van der Waals surface area contributed by atoms with Gasteiger partial charge in [-0.2, -0.15) is 0 Å². The normalized spacial score (nSPS) is 29.5. The second-order valence-electron chi connectivity index (χ2n) is 6.79. The molecule has 1 aromatic rings. The third-order valence-corrected chi connectivity index (χ3v) is 3.91. The zero-order valence-corrected chi connectivity index (χ0v) is 12.3. The molecule has 1 heterocycles. The van der Waals surface area contributed by atoms with Crippen molar-refractivity contribution < 1.29 is 9.84 Å². The predicted molar refractivity (Wildman–Crippen MR) is 73.7 cm³/mol. The predicted octanol–water partition coefficient (Wildman–Crippen LogP) is 3.47. The van der Waals surface area contributed by atoms with E-state index < -0.39 is 11.2 Å². The maximum absolute atomic E-state index is 11.1. The lowest BCUT2D eigenvalue weighted by atomic mass is 9.76. The van der Waals surface area contributed by atoms with Gasteiger partial charge in [0.2, 0.25) is 0 Å². The maximum Gasteiger partial charge on any atom is 0.121 e. The Bertz CT molecular complexity index is 454. The lowest BCUT2D eigenvalue weighted by molar-refractivity contribution is -0.129. The summed E-state index contributed by atoms with van der Waals surface area (Å²) in [6.45, 7) is 12.1. The van der Waals surface area contributed by atoms with E-state index in [0.29, 0.717) is 6.42 Å². The van der Waals surface area contributed by atoms with Crippen LogP contribution >= 0.6 is 0 Å². The molecule has 18 heavy (non-hydrogen) atoms. The number of rotatable bonds is 1. The summed E-state index contributed by atoms with van der Waals surface area (Å²) in [6, 6.07) is 6.26. The fourth-order valence-corrected chi connectivity index (χ4v) is 3.30. The van der Waals surface area contributed by atoms with Gasteiger partial charge in [0.05, 0.1) is 11.2 Å². The van der Waals surface area contributed by atoms with Gasteiger partial charge in [0.25, 0.3) is 0 Å². The molecule has 1 fully saturated rings. The zero-order valence-electron chi connectivity index (χ0n) is 12.3. The van der Waals surface area contributed by atoms with Crippen LogP contribution in [0.4, 0.5) is 0 Å². The first-order valence-electron chi connectivity index (χ1n) is 6.57. The van der Waals surface area contributed by atoms with Crippen molar-refractivity contribution in [1.82, 2.24) is 0 Å². The average molecular weight is 248 g/mol. The highest BCUT2D eigenvalue weighted by atomic mass is 16.5. The van der Waals surface area contributed by atoms with Crippen molar-refractivity contribution in [3.8, 4) is 0 Å².